The highest BCUT2D eigenvalue weighted by Crippen LogP contribution is 2.45. The van der Waals surface area contributed by atoms with Crippen molar-refractivity contribution in [2.75, 3.05) is 11.1 Å². The Hall–Kier alpha value is -4.93. The van der Waals surface area contributed by atoms with Gasteiger partial charge in [-0.25, -0.2) is 28.7 Å². The number of amides is 1. The average molecular weight is 499 g/mol. The number of phenolic OH excluding ortho intramolecular Hbond substituents is 1. The Morgan fingerprint density at radius 2 is 1.89 bits per heavy atom. The van der Waals surface area contributed by atoms with Crippen LogP contribution in [0.1, 0.15) is 29.3 Å². The van der Waals surface area contributed by atoms with Crippen LogP contribution in [0.5, 0.6) is 5.75 Å². The van der Waals surface area contributed by atoms with Crippen LogP contribution in [-0.2, 0) is 16.6 Å². The molecule has 9 nitrogen and oxygen atoms in total. The Morgan fingerprint density at radius 1 is 1.11 bits per heavy atom. The molecule has 0 bridgehead atoms. The fraction of sp³-hybridized carbons (Fsp3) is 0.115. The largest absolute Gasteiger partial charge is 0.508 e. The molecule has 4 N–H and O–H groups in total. The van der Waals surface area contributed by atoms with Crippen molar-refractivity contribution < 1.29 is 18.7 Å². The van der Waals surface area contributed by atoms with Crippen LogP contribution < -0.4 is 11.1 Å². The molecule has 0 saturated heterocycles. The summed E-state index contributed by atoms with van der Waals surface area (Å²) in [5.41, 5.74) is 7.75. The number of rotatable bonds is 4. The molecule has 0 fully saturated rings. The number of fused-ring (bicyclic) bond motifs is 2. The molecule has 4 heterocycles. The molecule has 0 spiro atoms. The number of aromatic nitrogens is 5. The summed E-state index contributed by atoms with van der Waals surface area (Å²) < 4.78 is 29.3. The summed E-state index contributed by atoms with van der Waals surface area (Å²) in [7, 11) is 0. The monoisotopic (exact) mass is 499 g/mol. The summed E-state index contributed by atoms with van der Waals surface area (Å²) >= 11 is 0. The SMILES string of the molecule is C[C@]1(c2cccc(O)c2)C(=O)Nc2nc(-c3cn4ccnc4c(Cc4cc(F)cc(F)c4)n3)nc(N)c21. The van der Waals surface area contributed by atoms with Crippen molar-refractivity contribution in [3.05, 3.63) is 95.1 Å². The minimum atomic E-state index is -1.22. The molecule has 1 amide bonds. The molecule has 184 valence electrons. The predicted octanol–water partition coefficient (Wildman–Crippen LogP) is 3.60. The lowest BCUT2D eigenvalue weighted by Crippen LogP contribution is -2.32. The fourth-order valence-electron chi connectivity index (χ4n) is 4.74. The van der Waals surface area contributed by atoms with E-state index in [1.165, 1.54) is 24.3 Å². The molecule has 2 aromatic carbocycles. The van der Waals surface area contributed by atoms with Crippen molar-refractivity contribution >= 4 is 23.2 Å². The highest BCUT2D eigenvalue weighted by molar-refractivity contribution is 6.09. The van der Waals surface area contributed by atoms with Gasteiger partial charge in [0, 0.05) is 31.1 Å². The molecule has 11 heteroatoms. The summed E-state index contributed by atoms with van der Waals surface area (Å²) in [5, 5.41) is 12.7. The molecule has 37 heavy (non-hydrogen) atoms. The second-order valence-corrected chi connectivity index (χ2v) is 8.97. The number of imidazole rings is 1. The number of aromatic hydroxyl groups is 1. The highest BCUT2D eigenvalue weighted by Gasteiger charge is 2.47. The van der Waals surface area contributed by atoms with Crippen molar-refractivity contribution in [3.8, 4) is 17.3 Å². The van der Waals surface area contributed by atoms with E-state index in [2.05, 4.69) is 25.3 Å². The van der Waals surface area contributed by atoms with Gasteiger partial charge in [-0.2, -0.15) is 0 Å². The summed E-state index contributed by atoms with van der Waals surface area (Å²) in [5.74, 6) is -1.27. The molecule has 0 aliphatic carbocycles. The first kappa shape index (κ1) is 22.5. The van der Waals surface area contributed by atoms with Gasteiger partial charge < -0.3 is 20.6 Å². The molecule has 1 aliphatic rings. The molecule has 5 aromatic rings. The van der Waals surface area contributed by atoms with Gasteiger partial charge in [-0.15, -0.1) is 0 Å². The standard InChI is InChI=1S/C26H19F2N7O2/c1-26(14-3-2-4-17(36)10-14)20-21(29)32-22(33-23(20)34-25(26)37)19-12-35-6-5-30-24(35)18(31-19)9-13-7-15(27)11-16(28)8-13/h2-8,10-12,36H,9H2,1H3,(H3,29,32,33,34,37)/t26-/m1/s1. The van der Waals surface area contributed by atoms with Crippen LogP contribution in [0.15, 0.2) is 61.1 Å². The number of phenols is 1. The van der Waals surface area contributed by atoms with Crippen molar-refractivity contribution in [2.45, 2.75) is 18.8 Å². The van der Waals surface area contributed by atoms with Crippen LogP contribution in [0, 0.1) is 11.6 Å². The second kappa shape index (κ2) is 8.05. The smallest absolute Gasteiger partial charge is 0.240 e. The zero-order valence-electron chi connectivity index (χ0n) is 19.4. The quantitative estimate of drug-likeness (QED) is 0.344. The Bertz CT molecular complexity index is 1720. The van der Waals surface area contributed by atoms with Gasteiger partial charge >= 0.3 is 0 Å². The molecular formula is C26H19F2N7O2. The number of benzene rings is 2. The molecule has 3 aromatic heterocycles. The van der Waals surface area contributed by atoms with Crippen molar-refractivity contribution in [2.24, 2.45) is 0 Å². The average Bonchev–Trinajstić information content (AvgIpc) is 3.41. The van der Waals surface area contributed by atoms with E-state index in [1.54, 1.807) is 42.0 Å². The summed E-state index contributed by atoms with van der Waals surface area (Å²) in [6.07, 6.45) is 5.04. The lowest BCUT2D eigenvalue weighted by Gasteiger charge is -2.23. The van der Waals surface area contributed by atoms with Gasteiger partial charge in [0.25, 0.3) is 0 Å². The Kier molecular flexibility index (Phi) is 4.90. The van der Waals surface area contributed by atoms with Crippen LogP contribution in [0.25, 0.3) is 17.2 Å². The third-order valence-corrected chi connectivity index (χ3v) is 6.51. The number of hydrogen-bond donors (Lipinski definition) is 3. The van der Waals surface area contributed by atoms with E-state index in [0.717, 1.165) is 6.07 Å². The first-order valence-corrected chi connectivity index (χ1v) is 11.3. The maximum Gasteiger partial charge on any atom is 0.240 e. The first-order valence-electron chi connectivity index (χ1n) is 11.3. The maximum absolute atomic E-state index is 13.8. The van der Waals surface area contributed by atoms with Crippen molar-refractivity contribution in [1.29, 1.82) is 0 Å². The number of halogens is 2. The van der Waals surface area contributed by atoms with Gasteiger partial charge in [0.2, 0.25) is 5.91 Å². The van der Waals surface area contributed by atoms with Crippen LogP contribution in [0.2, 0.25) is 0 Å². The van der Waals surface area contributed by atoms with E-state index in [-0.39, 0.29) is 35.5 Å². The highest BCUT2D eigenvalue weighted by atomic mass is 19.1. The minimum Gasteiger partial charge on any atom is -0.508 e. The lowest BCUT2D eigenvalue weighted by molar-refractivity contribution is -0.119. The van der Waals surface area contributed by atoms with Gasteiger partial charge in [-0.1, -0.05) is 12.1 Å². The molecule has 1 aliphatic heterocycles. The van der Waals surface area contributed by atoms with E-state index in [0.29, 0.717) is 33.7 Å². The number of nitrogen functional groups attached to an aromatic ring is 1. The lowest BCUT2D eigenvalue weighted by atomic mass is 9.77. The zero-order chi connectivity index (χ0) is 25.9. The van der Waals surface area contributed by atoms with Gasteiger partial charge in [0.1, 0.15) is 40.1 Å². The van der Waals surface area contributed by atoms with E-state index in [4.69, 9.17) is 5.73 Å². The predicted molar refractivity (Wildman–Crippen MR) is 131 cm³/mol. The van der Waals surface area contributed by atoms with E-state index in [9.17, 15) is 18.7 Å². The fourth-order valence-corrected chi connectivity index (χ4v) is 4.74. The van der Waals surface area contributed by atoms with Gasteiger partial charge in [-0.3, -0.25) is 4.79 Å². The van der Waals surface area contributed by atoms with E-state index >= 15 is 0 Å². The summed E-state index contributed by atoms with van der Waals surface area (Å²) in [6, 6.07) is 9.64. The Labute approximate surface area is 208 Å². The van der Waals surface area contributed by atoms with Crippen molar-refractivity contribution in [3.63, 3.8) is 0 Å². The minimum absolute atomic E-state index is 0.0135. The topological polar surface area (TPSA) is 131 Å². The number of carbonyl (C=O) groups excluding carboxylic acids is 1. The van der Waals surface area contributed by atoms with Crippen LogP contribution >= 0.6 is 0 Å². The zero-order valence-corrected chi connectivity index (χ0v) is 19.4. The molecule has 6 rings (SSSR count). The summed E-state index contributed by atoms with van der Waals surface area (Å²) in [6.45, 7) is 1.69. The molecule has 0 unspecified atom stereocenters. The van der Waals surface area contributed by atoms with E-state index in [1.807, 2.05) is 0 Å². The Morgan fingerprint density at radius 3 is 2.65 bits per heavy atom. The van der Waals surface area contributed by atoms with Crippen LogP contribution in [-0.4, -0.2) is 35.4 Å². The van der Waals surface area contributed by atoms with E-state index < -0.39 is 17.0 Å². The van der Waals surface area contributed by atoms with Crippen molar-refractivity contribution in [1.82, 2.24) is 24.3 Å². The number of nitrogens with one attached hydrogen (secondary N) is 1. The molecular weight excluding hydrogens is 480 g/mol. The molecule has 0 radical (unpaired) electrons. The van der Waals surface area contributed by atoms with Crippen LogP contribution in [0.3, 0.4) is 0 Å². The third-order valence-electron chi connectivity index (χ3n) is 6.51. The number of carbonyl (C=O) groups is 1. The maximum atomic E-state index is 13.8. The number of nitrogens with two attached hydrogens (primary N) is 1. The van der Waals surface area contributed by atoms with Gasteiger partial charge in [0.15, 0.2) is 11.5 Å². The molecule has 1 atom stereocenters. The number of nitrogens with zero attached hydrogens (tertiary/aromatic N) is 5. The Balaban J connectivity index is 1.46. The first-order chi connectivity index (χ1) is 17.7. The normalized spacial score (nSPS) is 16.7. The van der Waals surface area contributed by atoms with Gasteiger partial charge in [-0.05, 0) is 42.3 Å². The van der Waals surface area contributed by atoms with Gasteiger partial charge in [0.05, 0.1) is 11.3 Å². The number of anilines is 2. The molecule has 0 saturated carbocycles. The second-order valence-electron chi connectivity index (χ2n) is 8.97. The third kappa shape index (κ3) is 3.63. The summed E-state index contributed by atoms with van der Waals surface area (Å²) in [4.78, 5) is 31.1. The van der Waals surface area contributed by atoms with Crippen LogP contribution in [0.4, 0.5) is 20.4 Å². The number of hydrogen-bond acceptors (Lipinski definition) is 7.